The van der Waals surface area contributed by atoms with Crippen LogP contribution in [0.3, 0.4) is 0 Å². The maximum Gasteiger partial charge on any atom is 0.238 e. The first-order valence-corrected chi connectivity index (χ1v) is 11.4. The van der Waals surface area contributed by atoms with Gasteiger partial charge in [0.2, 0.25) is 11.2 Å². The molecular formula is C30H24O6. The number of ether oxygens (including phenoxy) is 3. The number of phenols is 1. The molecule has 0 saturated carbocycles. The highest BCUT2D eigenvalue weighted by Crippen LogP contribution is 2.38. The minimum absolute atomic E-state index is 0.00374. The number of methoxy groups -OCH3 is 1. The zero-order chi connectivity index (χ0) is 24.9. The van der Waals surface area contributed by atoms with Gasteiger partial charge in [-0.1, -0.05) is 66.7 Å². The Morgan fingerprint density at radius 1 is 0.750 bits per heavy atom. The summed E-state index contributed by atoms with van der Waals surface area (Å²) in [6, 6.07) is 29.7. The van der Waals surface area contributed by atoms with Gasteiger partial charge in [0.15, 0.2) is 17.3 Å². The third-order valence-corrected chi connectivity index (χ3v) is 5.74. The molecule has 0 saturated heterocycles. The summed E-state index contributed by atoms with van der Waals surface area (Å²) in [5.74, 6) is 1.12. The van der Waals surface area contributed by atoms with E-state index in [0.29, 0.717) is 30.3 Å². The lowest BCUT2D eigenvalue weighted by Gasteiger charge is -2.15. The molecule has 0 fully saturated rings. The highest BCUT2D eigenvalue weighted by molar-refractivity contribution is 5.87. The summed E-state index contributed by atoms with van der Waals surface area (Å²) in [5.41, 5.74) is 2.40. The summed E-state index contributed by atoms with van der Waals surface area (Å²) < 4.78 is 23.7. The van der Waals surface area contributed by atoms with Crippen LogP contribution < -0.4 is 19.6 Å². The highest BCUT2D eigenvalue weighted by atomic mass is 16.5. The van der Waals surface area contributed by atoms with Gasteiger partial charge < -0.3 is 23.7 Å². The van der Waals surface area contributed by atoms with Crippen molar-refractivity contribution in [3.63, 3.8) is 0 Å². The zero-order valence-corrected chi connectivity index (χ0v) is 19.6. The van der Waals surface area contributed by atoms with Crippen LogP contribution in [0.5, 0.6) is 23.0 Å². The van der Waals surface area contributed by atoms with E-state index in [0.717, 1.165) is 11.1 Å². The van der Waals surface area contributed by atoms with E-state index in [1.807, 2.05) is 60.7 Å². The van der Waals surface area contributed by atoms with Crippen LogP contribution >= 0.6 is 0 Å². The molecule has 0 aliphatic heterocycles. The van der Waals surface area contributed by atoms with Crippen molar-refractivity contribution in [3.8, 4) is 34.3 Å². The van der Waals surface area contributed by atoms with E-state index in [4.69, 9.17) is 18.6 Å². The van der Waals surface area contributed by atoms with Crippen molar-refractivity contribution in [2.24, 2.45) is 0 Å². The van der Waals surface area contributed by atoms with Crippen molar-refractivity contribution in [2.75, 3.05) is 7.11 Å². The molecule has 0 amide bonds. The van der Waals surface area contributed by atoms with Crippen LogP contribution in [-0.4, -0.2) is 12.2 Å². The molecule has 4 aromatic carbocycles. The van der Waals surface area contributed by atoms with E-state index in [2.05, 4.69) is 0 Å². The molecule has 180 valence electrons. The maximum absolute atomic E-state index is 13.1. The lowest BCUT2D eigenvalue weighted by Crippen LogP contribution is -2.08. The molecule has 36 heavy (non-hydrogen) atoms. The molecule has 0 spiro atoms. The normalized spacial score (nSPS) is 10.8. The minimum Gasteiger partial charge on any atom is -0.507 e. The van der Waals surface area contributed by atoms with E-state index in [1.165, 1.54) is 13.2 Å². The van der Waals surface area contributed by atoms with Gasteiger partial charge in [-0.15, -0.1) is 0 Å². The van der Waals surface area contributed by atoms with Gasteiger partial charge in [0.05, 0.1) is 7.11 Å². The van der Waals surface area contributed by atoms with E-state index in [1.54, 1.807) is 30.3 Å². The fraction of sp³-hybridized carbons (Fsp3) is 0.100. The molecule has 0 unspecified atom stereocenters. The summed E-state index contributed by atoms with van der Waals surface area (Å²) in [6.45, 7) is 0.703. The third kappa shape index (κ3) is 4.74. The number of hydrogen-bond acceptors (Lipinski definition) is 6. The van der Waals surface area contributed by atoms with Gasteiger partial charge in [-0.3, -0.25) is 4.79 Å². The molecule has 1 aromatic heterocycles. The summed E-state index contributed by atoms with van der Waals surface area (Å²) in [4.78, 5) is 13.1. The average molecular weight is 481 g/mol. The van der Waals surface area contributed by atoms with Crippen LogP contribution in [0.25, 0.3) is 22.3 Å². The second kappa shape index (κ2) is 10.3. The van der Waals surface area contributed by atoms with E-state index in [9.17, 15) is 9.90 Å². The summed E-state index contributed by atoms with van der Waals surface area (Å²) in [7, 11) is 1.39. The predicted molar refractivity (Wildman–Crippen MR) is 138 cm³/mol. The first-order valence-electron chi connectivity index (χ1n) is 11.4. The topological polar surface area (TPSA) is 78.1 Å². The number of aromatic hydroxyl groups is 1. The van der Waals surface area contributed by atoms with E-state index < -0.39 is 5.43 Å². The van der Waals surface area contributed by atoms with Crippen molar-refractivity contribution < 1.29 is 23.7 Å². The Balaban J connectivity index is 1.55. The number of hydrogen-bond donors (Lipinski definition) is 1. The lowest BCUT2D eigenvalue weighted by molar-refractivity contribution is 0.256. The molecule has 1 heterocycles. The van der Waals surface area contributed by atoms with Gasteiger partial charge in [0.1, 0.15) is 29.9 Å². The minimum atomic E-state index is -0.456. The van der Waals surface area contributed by atoms with Crippen molar-refractivity contribution in [2.45, 2.75) is 13.2 Å². The molecule has 6 heteroatoms. The largest absolute Gasteiger partial charge is 0.507 e. The molecule has 0 aliphatic rings. The molecule has 0 radical (unpaired) electrons. The Morgan fingerprint density at radius 2 is 1.39 bits per heavy atom. The average Bonchev–Trinajstić information content (AvgIpc) is 2.92. The van der Waals surface area contributed by atoms with Crippen molar-refractivity contribution >= 4 is 11.0 Å². The molecule has 0 atom stereocenters. The van der Waals surface area contributed by atoms with Crippen LogP contribution in [-0.2, 0) is 13.2 Å². The number of rotatable bonds is 8. The molecule has 5 rings (SSSR count). The van der Waals surface area contributed by atoms with Crippen LogP contribution in [0.4, 0.5) is 0 Å². The molecular weight excluding hydrogens is 456 g/mol. The highest BCUT2D eigenvalue weighted by Gasteiger charge is 2.20. The summed E-state index contributed by atoms with van der Waals surface area (Å²) >= 11 is 0. The third-order valence-electron chi connectivity index (χ3n) is 5.74. The van der Waals surface area contributed by atoms with Crippen molar-refractivity contribution in [3.05, 3.63) is 118 Å². The first-order chi connectivity index (χ1) is 17.6. The van der Waals surface area contributed by atoms with Crippen LogP contribution in [0.15, 0.2) is 106 Å². The second-order valence-corrected chi connectivity index (χ2v) is 8.15. The summed E-state index contributed by atoms with van der Waals surface area (Å²) in [5, 5.41) is 10.3. The monoisotopic (exact) mass is 480 g/mol. The molecule has 0 bridgehead atoms. The number of benzene rings is 4. The second-order valence-electron chi connectivity index (χ2n) is 8.15. The Labute approximate surface area is 207 Å². The number of fused-ring (bicyclic) bond motifs is 1. The van der Waals surface area contributed by atoms with Gasteiger partial charge in [-0.2, -0.15) is 0 Å². The van der Waals surface area contributed by atoms with Gasteiger partial charge in [-0.25, -0.2) is 0 Å². The Hall–Kier alpha value is -4.71. The molecule has 6 nitrogen and oxygen atoms in total. The molecule has 1 N–H and O–H groups in total. The molecule has 0 aliphatic carbocycles. The number of phenolic OH excluding ortho intramolecular Hbond substituents is 1. The van der Waals surface area contributed by atoms with Gasteiger partial charge in [-0.05, 0) is 41.5 Å². The van der Waals surface area contributed by atoms with Gasteiger partial charge >= 0.3 is 0 Å². The lowest BCUT2D eigenvalue weighted by atomic mass is 10.1. The van der Waals surface area contributed by atoms with Crippen LogP contribution in [0.1, 0.15) is 11.1 Å². The van der Waals surface area contributed by atoms with Crippen molar-refractivity contribution in [1.82, 2.24) is 0 Å². The van der Waals surface area contributed by atoms with E-state index in [-0.39, 0.29) is 28.2 Å². The Bertz CT molecular complexity index is 1540. The van der Waals surface area contributed by atoms with Crippen molar-refractivity contribution in [1.29, 1.82) is 0 Å². The Morgan fingerprint density at radius 3 is 2.03 bits per heavy atom. The fourth-order valence-corrected chi connectivity index (χ4v) is 3.93. The fourth-order valence-electron chi connectivity index (χ4n) is 3.93. The van der Waals surface area contributed by atoms with Gasteiger partial charge in [0.25, 0.3) is 0 Å². The van der Waals surface area contributed by atoms with E-state index >= 15 is 0 Å². The van der Waals surface area contributed by atoms with Crippen LogP contribution in [0, 0.1) is 0 Å². The zero-order valence-electron chi connectivity index (χ0n) is 19.6. The quantitative estimate of drug-likeness (QED) is 0.280. The standard InChI is InChI=1S/C30H24O6/c1-33-30-28(32)27-23(31)13-8-14-25(27)36-29(30)22-15-16-24(34-18-20-9-4-2-5-10-20)26(17-22)35-19-21-11-6-3-7-12-21/h2-17,31H,18-19H2,1H3. The molecule has 5 aromatic rings. The summed E-state index contributed by atoms with van der Waals surface area (Å²) in [6.07, 6.45) is 0. The van der Waals surface area contributed by atoms with Crippen LogP contribution in [0.2, 0.25) is 0 Å². The maximum atomic E-state index is 13.1. The van der Waals surface area contributed by atoms with Gasteiger partial charge in [0, 0.05) is 5.56 Å². The predicted octanol–water partition coefficient (Wildman–Crippen LogP) is 6.33. The smallest absolute Gasteiger partial charge is 0.238 e. The Kier molecular flexibility index (Phi) is 6.58. The first kappa shape index (κ1) is 23.1. The SMILES string of the molecule is COc1c(-c2ccc(OCc3ccccc3)c(OCc3ccccc3)c2)oc2cccc(O)c2c1=O.